The fourth-order valence-electron chi connectivity index (χ4n) is 2.81. The van der Waals surface area contributed by atoms with E-state index in [2.05, 4.69) is 20.7 Å². The summed E-state index contributed by atoms with van der Waals surface area (Å²) >= 11 is 6.41. The molecule has 1 aliphatic heterocycles. The van der Waals surface area contributed by atoms with Crippen LogP contribution in [0.5, 0.6) is 0 Å². The predicted molar refractivity (Wildman–Crippen MR) is 107 cm³/mol. The van der Waals surface area contributed by atoms with Gasteiger partial charge in [-0.2, -0.15) is 0 Å². The van der Waals surface area contributed by atoms with Crippen LogP contribution < -0.4 is 15.5 Å². The lowest BCUT2D eigenvalue weighted by Crippen LogP contribution is -2.37. The summed E-state index contributed by atoms with van der Waals surface area (Å²) < 4.78 is 10.6. The number of rotatable bonds is 5. The van der Waals surface area contributed by atoms with Crippen LogP contribution in [0.25, 0.3) is 0 Å². The third-order valence-electron chi connectivity index (χ3n) is 4.29. The van der Waals surface area contributed by atoms with Crippen LogP contribution in [0, 0.1) is 0 Å². The number of benzene rings is 1. The Morgan fingerprint density at radius 1 is 1.30 bits per heavy atom. The van der Waals surface area contributed by atoms with Crippen molar-refractivity contribution >= 4 is 34.8 Å². The first-order chi connectivity index (χ1) is 12.8. The number of morpholine rings is 1. The van der Waals surface area contributed by atoms with Gasteiger partial charge in [0.15, 0.2) is 0 Å². The molecular weight excluding hydrogens is 368 g/mol. The van der Waals surface area contributed by atoms with Crippen molar-refractivity contribution in [1.29, 1.82) is 0 Å². The standard InChI is InChI=1S/C19H25ClN4O3/c1-19(2,3)15-11-17(27-23-15)22-16(25)12-21-14-6-4-5-13(20)18(14)24-7-9-26-10-8-24/h4-6,11,21H,7-10,12H2,1-3H3,(H,22,25). The van der Waals surface area contributed by atoms with Crippen LogP contribution in [0.2, 0.25) is 5.02 Å². The summed E-state index contributed by atoms with van der Waals surface area (Å²) in [5.41, 5.74) is 2.35. The number of halogens is 1. The largest absolute Gasteiger partial charge is 0.378 e. The van der Waals surface area contributed by atoms with Crippen LogP contribution in [0.3, 0.4) is 0 Å². The molecule has 1 aromatic heterocycles. The zero-order chi connectivity index (χ0) is 19.4. The molecule has 0 atom stereocenters. The molecule has 1 aliphatic rings. The molecule has 3 rings (SSSR count). The number of hydrogen-bond donors (Lipinski definition) is 2. The third-order valence-corrected chi connectivity index (χ3v) is 4.60. The van der Waals surface area contributed by atoms with Crippen LogP contribution in [0.15, 0.2) is 28.8 Å². The highest BCUT2D eigenvalue weighted by Crippen LogP contribution is 2.34. The molecule has 0 unspecified atom stereocenters. The van der Waals surface area contributed by atoms with Gasteiger partial charge in [-0.3, -0.25) is 10.1 Å². The quantitative estimate of drug-likeness (QED) is 0.810. The number of ether oxygens (including phenoxy) is 1. The summed E-state index contributed by atoms with van der Waals surface area (Å²) in [6.07, 6.45) is 0. The first kappa shape index (κ1) is 19.5. The van der Waals surface area contributed by atoms with Gasteiger partial charge in [-0.05, 0) is 12.1 Å². The van der Waals surface area contributed by atoms with Crippen LogP contribution in [-0.2, 0) is 14.9 Å². The van der Waals surface area contributed by atoms with Gasteiger partial charge in [-0.25, -0.2) is 0 Å². The zero-order valence-electron chi connectivity index (χ0n) is 15.8. The average molecular weight is 393 g/mol. The molecule has 1 amide bonds. The van der Waals surface area contributed by atoms with Crippen LogP contribution in [0.1, 0.15) is 26.5 Å². The number of hydrogen-bond acceptors (Lipinski definition) is 6. The summed E-state index contributed by atoms with van der Waals surface area (Å²) in [7, 11) is 0. The third kappa shape index (κ3) is 4.93. The topological polar surface area (TPSA) is 79.6 Å². The Morgan fingerprint density at radius 3 is 2.70 bits per heavy atom. The summed E-state index contributed by atoms with van der Waals surface area (Å²) in [6, 6.07) is 7.37. The Labute approximate surface area is 164 Å². The molecule has 0 aliphatic carbocycles. The van der Waals surface area contributed by atoms with Gasteiger partial charge in [0.2, 0.25) is 11.8 Å². The molecular formula is C19H25ClN4O3. The Balaban J connectivity index is 1.63. The Morgan fingerprint density at radius 2 is 2.04 bits per heavy atom. The molecule has 0 radical (unpaired) electrons. The summed E-state index contributed by atoms with van der Waals surface area (Å²) in [5.74, 6) is 0.116. The average Bonchev–Trinajstić information content (AvgIpc) is 3.09. The van der Waals surface area contributed by atoms with Crippen molar-refractivity contribution in [3.05, 3.63) is 35.0 Å². The molecule has 7 nitrogen and oxygen atoms in total. The maximum Gasteiger partial charge on any atom is 0.246 e. The maximum absolute atomic E-state index is 12.3. The van der Waals surface area contributed by atoms with Gasteiger partial charge in [0.05, 0.1) is 41.8 Å². The SMILES string of the molecule is CC(C)(C)c1cc(NC(=O)CNc2cccc(Cl)c2N2CCOCC2)on1. The van der Waals surface area contributed by atoms with Crippen LogP contribution in [0.4, 0.5) is 17.3 Å². The lowest BCUT2D eigenvalue weighted by atomic mass is 9.92. The van der Waals surface area contributed by atoms with Gasteiger partial charge < -0.3 is 19.5 Å². The van der Waals surface area contributed by atoms with Gasteiger partial charge in [0.25, 0.3) is 0 Å². The van der Waals surface area contributed by atoms with Crippen molar-refractivity contribution in [3.63, 3.8) is 0 Å². The second kappa shape index (κ2) is 8.19. The first-order valence-corrected chi connectivity index (χ1v) is 9.34. The maximum atomic E-state index is 12.3. The normalized spacial score (nSPS) is 14.9. The highest BCUT2D eigenvalue weighted by Gasteiger charge is 2.20. The van der Waals surface area contributed by atoms with E-state index in [1.807, 2.05) is 39.0 Å². The van der Waals surface area contributed by atoms with E-state index >= 15 is 0 Å². The van der Waals surface area contributed by atoms with E-state index in [0.717, 1.165) is 30.2 Å². The molecule has 8 heteroatoms. The molecule has 2 aromatic rings. The molecule has 1 aromatic carbocycles. The number of aromatic nitrogens is 1. The molecule has 2 N–H and O–H groups in total. The number of para-hydroxylation sites is 1. The minimum Gasteiger partial charge on any atom is -0.378 e. The molecule has 1 saturated heterocycles. The van der Waals surface area contributed by atoms with Crippen molar-refractivity contribution in [1.82, 2.24) is 5.16 Å². The van der Waals surface area contributed by atoms with Gasteiger partial charge in [-0.1, -0.05) is 43.6 Å². The second-order valence-corrected chi connectivity index (χ2v) is 7.87. The van der Waals surface area contributed by atoms with Crippen molar-refractivity contribution in [2.45, 2.75) is 26.2 Å². The lowest BCUT2D eigenvalue weighted by Gasteiger charge is -2.31. The number of carbonyl (C=O) groups excluding carboxylic acids is 1. The number of carbonyl (C=O) groups is 1. The first-order valence-electron chi connectivity index (χ1n) is 8.97. The van der Waals surface area contributed by atoms with Gasteiger partial charge in [0, 0.05) is 24.6 Å². The van der Waals surface area contributed by atoms with Gasteiger partial charge in [0.1, 0.15) is 0 Å². The Hall–Kier alpha value is -2.25. The molecule has 27 heavy (non-hydrogen) atoms. The summed E-state index contributed by atoms with van der Waals surface area (Å²) in [5, 5.41) is 10.5. The second-order valence-electron chi connectivity index (χ2n) is 7.46. The van der Waals surface area contributed by atoms with E-state index in [-0.39, 0.29) is 17.9 Å². The highest BCUT2D eigenvalue weighted by atomic mass is 35.5. The monoisotopic (exact) mass is 392 g/mol. The fraction of sp³-hybridized carbons (Fsp3) is 0.474. The summed E-state index contributed by atoms with van der Waals surface area (Å²) in [6.45, 7) is 9.03. The smallest absolute Gasteiger partial charge is 0.246 e. The highest BCUT2D eigenvalue weighted by molar-refractivity contribution is 6.34. The lowest BCUT2D eigenvalue weighted by molar-refractivity contribution is -0.114. The van der Waals surface area contributed by atoms with E-state index in [4.69, 9.17) is 20.9 Å². The van der Waals surface area contributed by atoms with Gasteiger partial charge >= 0.3 is 0 Å². The van der Waals surface area contributed by atoms with E-state index < -0.39 is 0 Å². The van der Waals surface area contributed by atoms with E-state index in [1.54, 1.807) is 6.07 Å². The zero-order valence-corrected chi connectivity index (χ0v) is 16.6. The van der Waals surface area contributed by atoms with E-state index in [1.165, 1.54) is 0 Å². The fourth-order valence-corrected chi connectivity index (χ4v) is 3.11. The minimum absolute atomic E-state index is 0.0865. The van der Waals surface area contributed by atoms with E-state index in [0.29, 0.717) is 24.1 Å². The molecule has 0 bridgehead atoms. The van der Waals surface area contributed by atoms with Crippen molar-refractivity contribution in [3.8, 4) is 0 Å². The molecule has 0 spiro atoms. The number of nitrogens with one attached hydrogen (secondary N) is 2. The predicted octanol–water partition coefficient (Wildman–Crippen LogP) is 3.51. The van der Waals surface area contributed by atoms with Crippen LogP contribution in [-0.4, -0.2) is 43.9 Å². The molecule has 0 saturated carbocycles. The minimum atomic E-state index is -0.223. The van der Waals surface area contributed by atoms with Gasteiger partial charge in [-0.15, -0.1) is 0 Å². The number of amides is 1. The molecule has 146 valence electrons. The van der Waals surface area contributed by atoms with Crippen LogP contribution >= 0.6 is 11.6 Å². The Kier molecular flexibility index (Phi) is 5.92. The van der Waals surface area contributed by atoms with Crippen molar-refractivity contribution in [2.75, 3.05) is 48.4 Å². The van der Waals surface area contributed by atoms with E-state index in [9.17, 15) is 4.79 Å². The molecule has 2 heterocycles. The summed E-state index contributed by atoms with van der Waals surface area (Å²) in [4.78, 5) is 14.5. The Bertz CT molecular complexity index is 794. The molecule has 1 fully saturated rings. The number of anilines is 3. The number of nitrogens with zero attached hydrogens (tertiary/aromatic N) is 2. The van der Waals surface area contributed by atoms with Crippen molar-refractivity contribution in [2.24, 2.45) is 0 Å². The van der Waals surface area contributed by atoms with Crippen molar-refractivity contribution < 1.29 is 14.1 Å².